The number of anilines is 1. The van der Waals surface area contributed by atoms with Gasteiger partial charge < -0.3 is 26.8 Å². The lowest BCUT2D eigenvalue weighted by Crippen LogP contribution is -3.00. The van der Waals surface area contributed by atoms with Crippen molar-refractivity contribution in [2.75, 3.05) is 31.1 Å². The molecule has 2 nitrogen and oxygen atoms in total. The molecule has 2 aliphatic rings. The molecule has 0 heterocycles. The molecular weight excluding hydrogens is 432 g/mol. The first kappa shape index (κ1) is 22.3. The first-order valence-electron chi connectivity index (χ1n) is 11.0. The maximum Gasteiger partial charge on any atom is 0.149 e. The minimum absolute atomic E-state index is 0. The molecule has 0 spiro atoms. The van der Waals surface area contributed by atoms with E-state index in [1.165, 1.54) is 39.2 Å². The average Bonchev–Trinajstić information content (AvgIpc) is 3.09. The Kier molecular flexibility index (Phi) is 7.18. The van der Waals surface area contributed by atoms with Crippen LogP contribution >= 0.6 is 0 Å². The first-order chi connectivity index (χ1) is 14.2. The SMILES string of the molecule is CCN(CC)C1=CC2=C([C+]=C1)C(c1ccccc1)c1ccc(N(CC)CC)cc12.[Br-]. The van der Waals surface area contributed by atoms with Gasteiger partial charge in [-0.2, -0.15) is 0 Å². The van der Waals surface area contributed by atoms with Gasteiger partial charge in [0, 0.05) is 43.5 Å². The van der Waals surface area contributed by atoms with Crippen LogP contribution < -0.4 is 21.9 Å². The largest absolute Gasteiger partial charge is 1.00 e. The Hall–Kier alpha value is -2.35. The average molecular weight is 463 g/mol. The quantitative estimate of drug-likeness (QED) is 0.583. The zero-order chi connectivity index (χ0) is 20.4. The Morgan fingerprint density at radius 3 is 2.13 bits per heavy atom. The summed E-state index contributed by atoms with van der Waals surface area (Å²) in [5.74, 6) is 0.262. The van der Waals surface area contributed by atoms with E-state index < -0.39 is 0 Å². The van der Waals surface area contributed by atoms with Crippen molar-refractivity contribution in [3.63, 3.8) is 0 Å². The number of rotatable bonds is 7. The molecule has 30 heavy (non-hydrogen) atoms. The summed E-state index contributed by atoms with van der Waals surface area (Å²) >= 11 is 0. The Labute approximate surface area is 192 Å². The molecule has 0 amide bonds. The Morgan fingerprint density at radius 1 is 0.833 bits per heavy atom. The van der Waals surface area contributed by atoms with Crippen LogP contribution in [-0.4, -0.2) is 31.1 Å². The highest BCUT2D eigenvalue weighted by molar-refractivity contribution is 5.90. The Morgan fingerprint density at radius 2 is 1.50 bits per heavy atom. The third kappa shape index (κ3) is 3.85. The van der Waals surface area contributed by atoms with Crippen molar-refractivity contribution in [3.05, 3.63) is 94.7 Å². The second-order valence-electron chi connectivity index (χ2n) is 7.65. The third-order valence-corrected chi connectivity index (χ3v) is 6.27. The lowest BCUT2D eigenvalue weighted by Gasteiger charge is -2.22. The summed E-state index contributed by atoms with van der Waals surface area (Å²) in [7, 11) is 0. The van der Waals surface area contributed by atoms with Gasteiger partial charge in [-0.05, 0) is 51.0 Å². The predicted molar refractivity (Wildman–Crippen MR) is 124 cm³/mol. The molecular formula is C27H31BrN2. The Balaban J connectivity index is 0.00000256. The zero-order valence-corrected chi connectivity index (χ0v) is 20.0. The molecule has 0 fully saturated rings. The van der Waals surface area contributed by atoms with E-state index >= 15 is 0 Å². The molecule has 2 aliphatic carbocycles. The van der Waals surface area contributed by atoms with Gasteiger partial charge in [0.2, 0.25) is 0 Å². The van der Waals surface area contributed by atoms with Gasteiger partial charge in [0.15, 0.2) is 0 Å². The second kappa shape index (κ2) is 9.64. The fourth-order valence-electron chi connectivity index (χ4n) is 4.69. The molecule has 2 aromatic rings. The van der Waals surface area contributed by atoms with Crippen molar-refractivity contribution in [1.82, 2.24) is 4.90 Å². The van der Waals surface area contributed by atoms with Crippen LogP contribution in [-0.2, 0) is 0 Å². The van der Waals surface area contributed by atoms with Gasteiger partial charge in [-0.15, -0.1) is 0 Å². The number of halogens is 1. The van der Waals surface area contributed by atoms with Crippen LogP contribution in [0, 0.1) is 6.08 Å². The summed E-state index contributed by atoms with van der Waals surface area (Å²) in [6.07, 6.45) is 8.24. The van der Waals surface area contributed by atoms with Crippen LogP contribution in [0.2, 0.25) is 0 Å². The molecule has 0 saturated heterocycles. The van der Waals surface area contributed by atoms with Crippen LogP contribution in [0.15, 0.2) is 72.0 Å². The molecule has 156 valence electrons. The molecule has 0 aromatic heterocycles. The van der Waals surface area contributed by atoms with Crippen LogP contribution in [0.3, 0.4) is 0 Å². The number of fused-ring (bicyclic) bond motifs is 2. The highest BCUT2D eigenvalue weighted by Gasteiger charge is 2.39. The molecule has 0 aliphatic heterocycles. The van der Waals surface area contributed by atoms with Crippen LogP contribution in [0.1, 0.15) is 50.3 Å². The van der Waals surface area contributed by atoms with Crippen molar-refractivity contribution < 1.29 is 17.0 Å². The molecule has 0 N–H and O–H groups in total. The molecule has 1 atom stereocenters. The minimum Gasteiger partial charge on any atom is -1.00 e. The second-order valence-corrected chi connectivity index (χ2v) is 7.65. The van der Waals surface area contributed by atoms with Crippen molar-refractivity contribution in [1.29, 1.82) is 0 Å². The number of hydrogen-bond acceptors (Lipinski definition) is 2. The van der Waals surface area contributed by atoms with E-state index in [4.69, 9.17) is 0 Å². The molecule has 4 rings (SSSR count). The fraction of sp³-hybridized carbons (Fsp3) is 0.333. The summed E-state index contributed by atoms with van der Waals surface area (Å²) in [5.41, 5.74) is 9.32. The van der Waals surface area contributed by atoms with E-state index in [1.54, 1.807) is 0 Å². The van der Waals surface area contributed by atoms with Gasteiger partial charge in [-0.1, -0.05) is 36.4 Å². The van der Waals surface area contributed by atoms with E-state index in [0.29, 0.717) is 0 Å². The van der Waals surface area contributed by atoms with E-state index in [2.05, 4.69) is 104 Å². The lowest BCUT2D eigenvalue weighted by molar-refractivity contribution is -0.00000594. The third-order valence-electron chi connectivity index (χ3n) is 6.27. The summed E-state index contributed by atoms with van der Waals surface area (Å²) in [5, 5.41) is 0. The number of benzene rings is 2. The van der Waals surface area contributed by atoms with E-state index in [-0.39, 0.29) is 22.9 Å². The Bertz CT molecular complexity index is 964. The van der Waals surface area contributed by atoms with Crippen molar-refractivity contribution in [2.24, 2.45) is 0 Å². The van der Waals surface area contributed by atoms with Gasteiger partial charge in [-0.3, -0.25) is 0 Å². The summed E-state index contributed by atoms with van der Waals surface area (Å²) in [6, 6.07) is 17.9. The van der Waals surface area contributed by atoms with E-state index in [9.17, 15) is 0 Å². The molecule has 2 aromatic carbocycles. The van der Waals surface area contributed by atoms with Crippen molar-refractivity contribution in [3.8, 4) is 0 Å². The van der Waals surface area contributed by atoms with Gasteiger partial charge in [0.05, 0.1) is 17.6 Å². The van der Waals surface area contributed by atoms with Crippen molar-refractivity contribution in [2.45, 2.75) is 33.6 Å². The molecule has 0 bridgehead atoms. The van der Waals surface area contributed by atoms with E-state index in [1.807, 2.05) is 0 Å². The summed E-state index contributed by atoms with van der Waals surface area (Å²) in [4.78, 5) is 4.83. The molecule has 3 heteroatoms. The van der Waals surface area contributed by atoms with Crippen LogP contribution in [0.25, 0.3) is 5.57 Å². The van der Waals surface area contributed by atoms with Gasteiger partial charge >= 0.3 is 0 Å². The summed E-state index contributed by atoms with van der Waals surface area (Å²) < 4.78 is 0. The lowest BCUT2D eigenvalue weighted by atomic mass is 9.87. The first-order valence-corrected chi connectivity index (χ1v) is 11.0. The van der Waals surface area contributed by atoms with Crippen molar-refractivity contribution >= 4 is 11.3 Å². The normalized spacial score (nSPS) is 16.3. The van der Waals surface area contributed by atoms with E-state index in [0.717, 1.165) is 26.2 Å². The van der Waals surface area contributed by atoms with Crippen LogP contribution in [0.4, 0.5) is 5.69 Å². The summed E-state index contributed by atoms with van der Waals surface area (Å²) in [6.45, 7) is 13.0. The molecule has 0 saturated carbocycles. The van der Waals surface area contributed by atoms with Gasteiger partial charge in [0.1, 0.15) is 17.3 Å². The van der Waals surface area contributed by atoms with Crippen LogP contribution in [0.5, 0.6) is 0 Å². The molecule has 0 radical (unpaired) electrons. The minimum atomic E-state index is 0. The number of nitrogens with zero attached hydrogens (tertiary/aromatic N) is 2. The fourth-order valence-corrected chi connectivity index (χ4v) is 4.69. The highest BCUT2D eigenvalue weighted by Crippen LogP contribution is 2.49. The number of allylic oxidation sites excluding steroid dienone is 5. The zero-order valence-electron chi connectivity index (χ0n) is 18.5. The predicted octanol–water partition coefficient (Wildman–Crippen LogP) is 3.03. The maximum absolute atomic E-state index is 3.68. The van der Waals surface area contributed by atoms with Gasteiger partial charge in [-0.25, -0.2) is 0 Å². The van der Waals surface area contributed by atoms with Gasteiger partial charge in [0.25, 0.3) is 0 Å². The topological polar surface area (TPSA) is 6.48 Å². The number of likely N-dealkylation sites (N-methyl/N-ethyl adjacent to an activating group) is 1. The smallest absolute Gasteiger partial charge is 0.149 e. The number of hydrogen-bond donors (Lipinski definition) is 0. The highest BCUT2D eigenvalue weighted by atomic mass is 79.9. The maximum atomic E-state index is 3.68. The monoisotopic (exact) mass is 462 g/mol. The molecule has 1 unspecified atom stereocenters. The standard InChI is InChI=1S/C27H31N2.BrH/c1-5-28(6-2)21-14-16-23-25(18-21)26-19-22(29(7-3)8-4)15-17-24(26)27(23)20-12-10-9-11-13-20;/h9-16,18-19,27H,5-8H2,1-4H3;1H/q+1;/p-1.